The average molecular weight is 188 g/mol. The first-order valence-electron chi connectivity index (χ1n) is 4.65. The molecule has 1 amide bonds. The third-order valence-corrected chi connectivity index (χ3v) is 2.41. The van der Waals surface area contributed by atoms with Crippen molar-refractivity contribution >= 4 is 11.7 Å². The third-order valence-electron chi connectivity index (χ3n) is 2.41. The number of carbonyl (C=O) groups excluding carboxylic acids is 1. The highest BCUT2D eigenvalue weighted by atomic mass is 16.2. The number of rotatable bonds is 2. The van der Waals surface area contributed by atoms with Gasteiger partial charge in [0.1, 0.15) is 5.82 Å². The van der Waals surface area contributed by atoms with Crippen LogP contribution >= 0.6 is 0 Å². The zero-order valence-corrected chi connectivity index (χ0v) is 7.89. The Balaban J connectivity index is 2.21. The molecule has 0 aliphatic carbocycles. The molecule has 0 spiro atoms. The SMILES string of the molecule is C=CC1CC(=O)N(c2ccccn2)C1. The molecule has 14 heavy (non-hydrogen) atoms. The maximum atomic E-state index is 11.6. The van der Waals surface area contributed by atoms with Crippen LogP contribution in [0.3, 0.4) is 0 Å². The topological polar surface area (TPSA) is 33.2 Å². The quantitative estimate of drug-likeness (QED) is 0.661. The summed E-state index contributed by atoms with van der Waals surface area (Å²) in [6, 6.07) is 5.58. The fourth-order valence-electron chi connectivity index (χ4n) is 1.63. The second-order valence-electron chi connectivity index (χ2n) is 3.39. The van der Waals surface area contributed by atoms with E-state index in [-0.39, 0.29) is 11.8 Å². The van der Waals surface area contributed by atoms with Crippen LogP contribution in [0, 0.1) is 5.92 Å². The largest absolute Gasteiger partial charge is 0.296 e. The van der Waals surface area contributed by atoms with Gasteiger partial charge in [-0.1, -0.05) is 12.1 Å². The number of anilines is 1. The smallest absolute Gasteiger partial charge is 0.228 e. The van der Waals surface area contributed by atoms with Crippen molar-refractivity contribution in [2.45, 2.75) is 6.42 Å². The van der Waals surface area contributed by atoms with Crippen LogP contribution in [-0.4, -0.2) is 17.4 Å². The minimum Gasteiger partial charge on any atom is -0.296 e. The van der Waals surface area contributed by atoms with Crippen LogP contribution in [0.1, 0.15) is 6.42 Å². The minimum absolute atomic E-state index is 0.133. The van der Waals surface area contributed by atoms with Gasteiger partial charge in [-0.15, -0.1) is 6.58 Å². The molecular formula is C11H12N2O. The van der Waals surface area contributed by atoms with Crippen molar-refractivity contribution < 1.29 is 4.79 Å². The summed E-state index contributed by atoms with van der Waals surface area (Å²) in [7, 11) is 0. The average Bonchev–Trinajstić information content (AvgIpc) is 2.61. The summed E-state index contributed by atoms with van der Waals surface area (Å²) in [5.74, 6) is 1.14. The van der Waals surface area contributed by atoms with E-state index in [0.29, 0.717) is 13.0 Å². The number of aromatic nitrogens is 1. The Hall–Kier alpha value is -1.64. The van der Waals surface area contributed by atoms with E-state index in [4.69, 9.17) is 0 Å². The number of hydrogen-bond acceptors (Lipinski definition) is 2. The summed E-state index contributed by atoms with van der Waals surface area (Å²) >= 11 is 0. The highest BCUT2D eigenvalue weighted by molar-refractivity contribution is 5.95. The first-order chi connectivity index (χ1) is 6.81. The van der Waals surface area contributed by atoms with Crippen molar-refractivity contribution in [1.82, 2.24) is 4.98 Å². The van der Waals surface area contributed by atoms with E-state index in [9.17, 15) is 4.79 Å². The van der Waals surface area contributed by atoms with Crippen LogP contribution in [0.5, 0.6) is 0 Å². The summed E-state index contributed by atoms with van der Waals surface area (Å²) in [5.41, 5.74) is 0. The molecule has 1 atom stereocenters. The zero-order chi connectivity index (χ0) is 9.97. The zero-order valence-electron chi connectivity index (χ0n) is 7.89. The van der Waals surface area contributed by atoms with Crippen molar-refractivity contribution in [3.63, 3.8) is 0 Å². The van der Waals surface area contributed by atoms with Crippen LogP contribution in [0.2, 0.25) is 0 Å². The molecule has 1 fully saturated rings. The lowest BCUT2D eigenvalue weighted by molar-refractivity contribution is -0.117. The molecule has 0 radical (unpaired) electrons. The third kappa shape index (κ3) is 1.53. The van der Waals surface area contributed by atoms with E-state index in [1.165, 1.54) is 0 Å². The molecule has 72 valence electrons. The molecular weight excluding hydrogens is 176 g/mol. The molecule has 3 nitrogen and oxygen atoms in total. The molecule has 1 aromatic heterocycles. The Morgan fingerprint density at radius 2 is 2.43 bits per heavy atom. The predicted octanol–water partition coefficient (Wildman–Crippen LogP) is 1.62. The molecule has 0 aromatic carbocycles. The van der Waals surface area contributed by atoms with Gasteiger partial charge in [0.2, 0.25) is 5.91 Å². The van der Waals surface area contributed by atoms with Crippen molar-refractivity contribution in [2.24, 2.45) is 5.92 Å². The second kappa shape index (κ2) is 3.62. The van der Waals surface area contributed by atoms with Crippen molar-refractivity contribution in [1.29, 1.82) is 0 Å². The molecule has 0 bridgehead atoms. The highest BCUT2D eigenvalue weighted by Gasteiger charge is 2.28. The summed E-state index contributed by atoms with van der Waals surface area (Å²) in [6.07, 6.45) is 4.09. The molecule has 0 N–H and O–H groups in total. The van der Waals surface area contributed by atoms with Gasteiger partial charge in [-0.25, -0.2) is 4.98 Å². The van der Waals surface area contributed by atoms with Gasteiger partial charge < -0.3 is 0 Å². The van der Waals surface area contributed by atoms with Gasteiger partial charge in [0, 0.05) is 25.1 Å². The van der Waals surface area contributed by atoms with Crippen LogP contribution < -0.4 is 4.90 Å². The summed E-state index contributed by atoms with van der Waals surface area (Å²) in [6.45, 7) is 4.41. The van der Waals surface area contributed by atoms with Gasteiger partial charge in [0.15, 0.2) is 0 Å². The normalized spacial score (nSPS) is 21.3. The van der Waals surface area contributed by atoms with Crippen LogP contribution in [0.25, 0.3) is 0 Å². The molecule has 1 aliphatic heterocycles. The molecule has 1 aromatic rings. The number of nitrogens with zero attached hydrogens (tertiary/aromatic N) is 2. The summed E-state index contributed by atoms with van der Waals surface area (Å²) in [4.78, 5) is 17.4. The number of amides is 1. The highest BCUT2D eigenvalue weighted by Crippen LogP contribution is 2.23. The number of carbonyl (C=O) groups is 1. The Kier molecular flexibility index (Phi) is 2.31. The lowest BCUT2D eigenvalue weighted by Crippen LogP contribution is -2.25. The minimum atomic E-state index is 0.133. The van der Waals surface area contributed by atoms with Crippen molar-refractivity contribution in [2.75, 3.05) is 11.4 Å². The summed E-state index contributed by atoms with van der Waals surface area (Å²) in [5, 5.41) is 0. The van der Waals surface area contributed by atoms with E-state index in [1.807, 2.05) is 24.3 Å². The first kappa shape index (κ1) is 8.94. The molecule has 0 saturated carbocycles. The van der Waals surface area contributed by atoms with Crippen molar-refractivity contribution in [3.8, 4) is 0 Å². The molecule has 2 heterocycles. The van der Waals surface area contributed by atoms with Gasteiger partial charge in [-0.2, -0.15) is 0 Å². The number of pyridine rings is 1. The van der Waals surface area contributed by atoms with E-state index >= 15 is 0 Å². The molecule has 1 saturated heterocycles. The Bertz CT molecular complexity index is 348. The lowest BCUT2D eigenvalue weighted by atomic mass is 10.1. The van der Waals surface area contributed by atoms with E-state index in [0.717, 1.165) is 5.82 Å². The standard InChI is InChI=1S/C11H12N2O/c1-2-9-7-11(14)13(8-9)10-5-3-4-6-12-10/h2-6,9H,1,7-8H2. The van der Waals surface area contributed by atoms with Crippen molar-refractivity contribution in [3.05, 3.63) is 37.1 Å². The summed E-state index contributed by atoms with van der Waals surface area (Å²) < 4.78 is 0. The Morgan fingerprint density at radius 1 is 1.57 bits per heavy atom. The first-order valence-corrected chi connectivity index (χ1v) is 4.65. The van der Waals surface area contributed by atoms with E-state index in [2.05, 4.69) is 11.6 Å². The lowest BCUT2D eigenvalue weighted by Gasteiger charge is -2.14. The number of hydrogen-bond donors (Lipinski definition) is 0. The fourth-order valence-corrected chi connectivity index (χ4v) is 1.63. The maximum absolute atomic E-state index is 11.6. The second-order valence-corrected chi connectivity index (χ2v) is 3.39. The Labute approximate surface area is 83.1 Å². The van der Waals surface area contributed by atoms with Gasteiger partial charge in [0.25, 0.3) is 0 Å². The van der Waals surface area contributed by atoms with Gasteiger partial charge >= 0.3 is 0 Å². The van der Waals surface area contributed by atoms with Crippen LogP contribution in [0.4, 0.5) is 5.82 Å². The fraction of sp³-hybridized carbons (Fsp3) is 0.273. The van der Waals surface area contributed by atoms with Gasteiger partial charge in [-0.3, -0.25) is 9.69 Å². The maximum Gasteiger partial charge on any atom is 0.228 e. The Morgan fingerprint density at radius 3 is 3.00 bits per heavy atom. The molecule has 1 unspecified atom stereocenters. The van der Waals surface area contributed by atoms with Crippen LogP contribution in [0.15, 0.2) is 37.1 Å². The monoisotopic (exact) mass is 188 g/mol. The predicted molar refractivity (Wildman–Crippen MR) is 54.9 cm³/mol. The van der Waals surface area contributed by atoms with E-state index in [1.54, 1.807) is 11.1 Å². The van der Waals surface area contributed by atoms with Crippen LogP contribution in [-0.2, 0) is 4.79 Å². The molecule has 3 heteroatoms. The van der Waals surface area contributed by atoms with Gasteiger partial charge in [-0.05, 0) is 12.1 Å². The molecule has 1 aliphatic rings. The molecule has 2 rings (SSSR count). The van der Waals surface area contributed by atoms with Gasteiger partial charge in [0.05, 0.1) is 0 Å². The van der Waals surface area contributed by atoms with E-state index < -0.39 is 0 Å².